The van der Waals surface area contributed by atoms with Gasteiger partial charge in [-0.05, 0) is 37.6 Å². The van der Waals surface area contributed by atoms with Crippen molar-refractivity contribution in [2.45, 2.75) is 25.6 Å². The largest absolute Gasteiger partial charge is 0.452 e. The summed E-state index contributed by atoms with van der Waals surface area (Å²) in [4.78, 5) is 34.0. The van der Waals surface area contributed by atoms with E-state index in [1.807, 2.05) is 0 Å². The summed E-state index contributed by atoms with van der Waals surface area (Å²) in [7, 11) is 0. The summed E-state index contributed by atoms with van der Waals surface area (Å²) in [5.74, 6) is -2.38. The number of ether oxygens (including phenoxy) is 1. The maximum absolute atomic E-state index is 13.5. The van der Waals surface area contributed by atoms with Crippen molar-refractivity contribution in [3.05, 3.63) is 60.1 Å². The quantitative estimate of drug-likeness (QED) is 0.519. The van der Waals surface area contributed by atoms with E-state index in [1.54, 1.807) is 36.1 Å². The first-order valence-electron chi connectivity index (χ1n) is 10.8. The molecule has 1 saturated heterocycles. The second kappa shape index (κ2) is 10.0. The van der Waals surface area contributed by atoms with Crippen LogP contribution in [0.2, 0.25) is 0 Å². The SMILES string of the molecule is CCOC(=O)N1CC[C@H](Nc2ccc(NC(=O)c3nc(-c4ccccc4)oc3C(F)(F)F)cn2)C1. The number of halogens is 3. The van der Waals surface area contributed by atoms with Gasteiger partial charge < -0.3 is 24.7 Å². The molecule has 0 aliphatic carbocycles. The first-order valence-corrected chi connectivity index (χ1v) is 10.8. The molecular weight excluding hydrogens is 467 g/mol. The zero-order chi connectivity index (χ0) is 25.0. The van der Waals surface area contributed by atoms with Crippen molar-refractivity contribution in [1.29, 1.82) is 0 Å². The fraction of sp³-hybridized carbons (Fsp3) is 0.304. The first-order chi connectivity index (χ1) is 16.7. The van der Waals surface area contributed by atoms with Gasteiger partial charge in [-0.25, -0.2) is 14.8 Å². The van der Waals surface area contributed by atoms with Gasteiger partial charge in [-0.2, -0.15) is 13.2 Å². The highest BCUT2D eigenvalue weighted by atomic mass is 19.4. The Balaban J connectivity index is 1.42. The molecule has 0 radical (unpaired) electrons. The molecule has 1 atom stereocenters. The number of hydrogen-bond acceptors (Lipinski definition) is 7. The highest BCUT2D eigenvalue weighted by Gasteiger charge is 2.42. The van der Waals surface area contributed by atoms with Gasteiger partial charge in [-0.15, -0.1) is 0 Å². The second-order valence-corrected chi connectivity index (χ2v) is 7.72. The lowest BCUT2D eigenvalue weighted by Gasteiger charge is -2.16. The van der Waals surface area contributed by atoms with Crippen LogP contribution in [0, 0.1) is 0 Å². The highest BCUT2D eigenvalue weighted by molar-refractivity contribution is 6.04. The zero-order valence-corrected chi connectivity index (χ0v) is 18.6. The Morgan fingerprint density at radius 2 is 1.97 bits per heavy atom. The molecule has 35 heavy (non-hydrogen) atoms. The number of nitrogens with one attached hydrogen (secondary N) is 2. The number of rotatable bonds is 6. The molecule has 0 bridgehead atoms. The van der Waals surface area contributed by atoms with Gasteiger partial charge in [0.25, 0.3) is 5.91 Å². The molecule has 2 amide bonds. The average Bonchev–Trinajstić information content (AvgIpc) is 3.49. The van der Waals surface area contributed by atoms with Gasteiger partial charge in [-0.3, -0.25) is 4.79 Å². The highest BCUT2D eigenvalue weighted by Crippen LogP contribution is 2.35. The van der Waals surface area contributed by atoms with Crippen LogP contribution in [0.15, 0.2) is 53.1 Å². The van der Waals surface area contributed by atoms with Crippen LogP contribution < -0.4 is 10.6 Å². The van der Waals surface area contributed by atoms with E-state index in [9.17, 15) is 22.8 Å². The zero-order valence-electron chi connectivity index (χ0n) is 18.6. The van der Waals surface area contributed by atoms with E-state index < -0.39 is 23.5 Å². The molecule has 4 rings (SSSR count). The number of oxazole rings is 1. The fourth-order valence-electron chi connectivity index (χ4n) is 3.58. The van der Waals surface area contributed by atoms with Crippen molar-refractivity contribution in [1.82, 2.24) is 14.9 Å². The van der Waals surface area contributed by atoms with E-state index in [-0.39, 0.29) is 23.7 Å². The Hall–Kier alpha value is -4.09. The van der Waals surface area contributed by atoms with Crippen LogP contribution in [0.25, 0.3) is 11.5 Å². The van der Waals surface area contributed by atoms with Crippen LogP contribution in [0.3, 0.4) is 0 Å². The standard InChI is InChI=1S/C23H22F3N5O4/c1-2-34-22(33)31-11-10-16(13-31)28-17-9-8-15(12-27-17)29-20(32)18-19(23(24,25)26)35-21(30-18)14-6-4-3-5-7-14/h3-9,12,16H,2,10-11,13H2,1H3,(H,27,28)(H,29,32)/t16-/m0/s1. The third-order valence-electron chi connectivity index (χ3n) is 5.21. The summed E-state index contributed by atoms with van der Waals surface area (Å²) in [6, 6.07) is 11.0. The van der Waals surface area contributed by atoms with Gasteiger partial charge in [0.1, 0.15) is 5.82 Å². The summed E-state index contributed by atoms with van der Waals surface area (Å²) in [5.41, 5.74) is -0.386. The lowest BCUT2D eigenvalue weighted by atomic mass is 10.2. The predicted molar refractivity (Wildman–Crippen MR) is 120 cm³/mol. The molecule has 2 aromatic heterocycles. The van der Waals surface area contributed by atoms with Crippen LogP contribution in [-0.4, -0.2) is 52.6 Å². The molecule has 1 aromatic carbocycles. The van der Waals surface area contributed by atoms with E-state index in [0.29, 0.717) is 37.5 Å². The van der Waals surface area contributed by atoms with Crippen LogP contribution in [0.4, 0.5) is 29.5 Å². The number of carbonyl (C=O) groups excluding carboxylic acids is 2. The van der Waals surface area contributed by atoms with Gasteiger partial charge in [0.15, 0.2) is 5.69 Å². The van der Waals surface area contributed by atoms with E-state index >= 15 is 0 Å². The van der Waals surface area contributed by atoms with Crippen molar-refractivity contribution < 1.29 is 31.9 Å². The second-order valence-electron chi connectivity index (χ2n) is 7.72. The Morgan fingerprint density at radius 1 is 1.20 bits per heavy atom. The van der Waals surface area contributed by atoms with Crippen LogP contribution in [-0.2, 0) is 10.9 Å². The van der Waals surface area contributed by atoms with Gasteiger partial charge in [0.2, 0.25) is 11.7 Å². The van der Waals surface area contributed by atoms with Gasteiger partial charge in [0.05, 0.1) is 18.5 Å². The van der Waals surface area contributed by atoms with E-state index in [2.05, 4.69) is 20.6 Å². The Bertz CT molecular complexity index is 1180. The van der Waals surface area contributed by atoms with E-state index in [0.717, 1.165) is 0 Å². The molecule has 184 valence electrons. The lowest BCUT2D eigenvalue weighted by Crippen LogP contribution is -2.32. The number of anilines is 2. The summed E-state index contributed by atoms with van der Waals surface area (Å²) < 4.78 is 50.3. The monoisotopic (exact) mass is 489 g/mol. The maximum Gasteiger partial charge on any atom is 0.452 e. The van der Waals surface area contributed by atoms with Crippen LogP contribution in [0.1, 0.15) is 29.6 Å². The molecule has 0 saturated carbocycles. The minimum absolute atomic E-state index is 0.0340. The van der Waals surface area contributed by atoms with Crippen LogP contribution in [0.5, 0.6) is 0 Å². The lowest BCUT2D eigenvalue weighted by molar-refractivity contribution is -0.153. The Kier molecular flexibility index (Phi) is 6.90. The molecule has 1 aliphatic heterocycles. The van der Waals surface area contributed by atoms with Crippen molar-refractivity contribution in [3.63, 3.8) is 0 Å². The van der Waals surface area contributed by atoms with Gasteiger partial charge in [0, 0.05) is 24.7 Å². The molecule has 1 fully saturated rings. The number of nitrogens with zero attached hydrogens (tertiary/aromatic N) is 3. The molecule has 0 spiro atoms. The smallest absolute Gasteiger partial charge is 0.450 e. The number of hydrogen-bond donors (Lipinski definition) is 2. The molecule has 0 unspecified atom stereocenters. The van der Waals surface area contributed by atoms with Crippen LogP contribution >= 0.6 is 0 Å². The summed E-state index contributed by atoms with van der Waals surface area (Å²) >= 11 is 0. The summed E-state index contributed by atoms with van der Waals surface area (Å²) in [6.07, 6.45) is -3.26. The minimum atomic E-state index is -4.91. The van der Waals surface area contributed by atoms with Crippen molar-refractivity contribution in [2.75, 3.05) is 30.3 Å². The van der Waals surface area contributed by atoms with Crippen molar-refractivity contribution in [2.24, 2.45) is 0 Å². The van der Waals surface area contributed by atoms with Gasteiger partial charge in [-0.1, -0.05) is 18.2 Å². The average molecular weight is 489 g/mol. The summed E-state index contributed by atoms with van der Waals surface area (Å²) in [6.45, 7) is 3.04. The fourth-order valence-corrected chi connectivity index (χ4v) is 3.58. The number of pyridine rings is 1. The number of amides is 2. The predicted octanol–water partition coefficient (Wildman–Crippen LogP) is 4.65. The molecule has 9 nitrogen and oxygen atoms in total. The third-order valence-corrected chi connectivity index (χ3v) is 5.21. The molecule has 1 aliphatic rings. The normalized spacial score (nSPS) is 15.7. The Labute approximate surface area is 198 Å². The Morgan fingerprint density at radius 3 is 2.63 bits per heavy atom. The number of alkyl halides is 3. The molecule has 12 heteroatoms. The number of likely N-dealkylation sites (tertiary alicyclic amines) is 1. The molecule has 2 N–H and O–H groups in total. The molecular formula is C23H22F3N5O4. The molecule has 3 heterocycles. The number of carbonyl (C=O) groups is 2. The topological polar surface area (TPSA) is 110 Å². The van der Waals surface area contributed by atoms with Crippen molar-refractivity contribution in [3.8, 4) is 11.5 Å². The first kappa shape index (κ1) is 24.0. The number of aromatic nitrogens is 2. The number of benzene rings is 1. The summed E-state index contributed by atoms with van der Waals surface area (Å²) in [5, 5.41) is 5.55. The maximum atomic E-state index is 13.5. The van der Waals surface area contributed by atoms with E-state index in [4.69, 9.17) is 9.15 Å². The van der Waals surface area contributed by atoms with E-state index in [1.165, 1.54) is 24.4 Å². The van der Waals surface area contributed by atoms with Crippen molar-refractivity contribution >= 4 is 23.5 Å². The molecule has 3 aromatic rings. The van der Waals surface area contributed by atoms with Gasteiger partial charge >= 0.3 is 12.3 Å². The third kappa shape index (κ3) is 5.70. The minimum Gasteiger partial charge on any atom is -0.450 e.